The van der Waals surface area contributed by atoms with Crippen LogP contribution in [0.1, 0.15) is 39.2 Å². The lowest BCUT2D eigenvalue weighted by Gasteiger charge is -2.31. The van der Waals surface area contributed by atoms with Gasteiger partial charge in [-0.2, -0.15) is 0 Å². The van der Waals surface area contributed by atoms with E-state index < -0.39 is 0 Å². The summed E-state index contributed by atoms with van der Waals surface area (Å²) in [6.45, 7) is 8.84. The van der Waals surface area contributed by atoms with Gasteiger partial charge in [0.2, 0.25) is 11.8 Å². The second-order valence-electron chi connectivity index (χ2n) is 7.35. The number of likely N-dealkylation sites (tertiary alicyclic amines) is 1. The molecule has 1 aliphatic rings. The van der Waals surface area contributed by atoms with Crippen LogP contribution in [-0.2, 0) is 16.1 Å². The number of hydrogen-bond donors (Lipinski definition) is 2. The molecular weight excluding hydrogens is 314 g/mol. The first-order valence-corrected chi connectivity index (χ1v) is 9.29. The summed E-state index contributed by atoms with van der Waals surface area (Å²) in [6, 6.07) is 10.1. The normalized spacial score (nSPS) is 17.3. The number of benzene rings is 1. The Morgan fingerprint density at radius 2 is 1.76 bits per heavy atom. The number of hydrogen-bond acceptors (Lipinski definition) is 3. The van der Waals surface area contributed by atoms with Crippen molar-refractivity contribution in [2.24, 2.45) is 11.8 Å². The van der Waals surface area contributed by atoms with Crippen LogP contribution in [0.4, 0.5) is 0 Å². The van der Waals surface area contributed by atoms with Crippen LogP contribution in [0.25, 0.3) is 0 Å². The number of piperidine rings is 1. The molecule has 25 heavy (non-hydrogen) atoms. The highest BCUT2D eigenvalue weighted by Gasteiger charge is 2.26. The number of rotatable bonds is 7. The summed E-state index contributed by atoms with van der Waals surface area (Å²) in [7, 11) is 0. The molecule has 1 atom stereocenters. The molecule has 1 heterocycles. The van der Waals surface area contributed by atoms with E-state index in [-0.39, 0.29) is 23.8 Å². The van der Waals surface area contributed by atoms with Crippen LogP contribution in [0, 0.1) is 11.8 Å². The third-order valence-corrected chi connectivity index (χ3v) is 5.03. The molecule has 1 saturated heterocycles. The van der Waals surface area contributed by atoms with E-state index in [9.17, 15) is 9.59 Å². The minimum atomic E-state index is 0.0418. The predicted octanol–water partition coefficient (Wildman–Crippen LogP) is 2.18. The van der Waals surface area contributed by atoms with Crippen molar-refractivity contribution in [1.82, 2.24) is 15.5 Å². The van der Waals surface area contributed by atoms with Gasteiger partial charge >= 0.3 is 0 Å². The smallest absolute Gasteiger partial charge is 0.234 e. The monoisotopic (exact) mass is 345 g/mol. The van der Waals surface area contributed by atoms with Gasteiger partial charge in [0.05, 0.1) is 6.54 Å². The highest BCUT2D eigenvalue weighted by atomic mass is 16.2. The van der Waals surface area contributed by atoms with E-state index in [4.69, 9.17) is 0 Å². The zero-order chi connectivity index (χ0) is 18.2. The van der Waals surface area contributed by atoms with E-state index in [1.807, 2.05) is 30.3 Å². The highest BCUT2D eigenvalue weighted by Crippen LogP contribution is 2.17. The third-order valence-electron chi connectivity index (χ3n) is 5.03. The minimum Gasteiger partial charge on any atom is -0.353 e. The summed E-state index contributed by atoms with van der Waals surface area (Å²) in [5.74, 6) is 0.719. The van der Waals surface area contributed by atoms with Crippen molar-refractivity contribution in [2.75, 3.05) is 19.6 Å². The van der Waals surface area contributed by atoms with E-state index in [0.29, 0.717) is 19.0 Å². The van der Waals surface area contributed by atoms with Crippen molar-refractivity contribution >= 4 is 11.8 Å². The molecule has 2 rings (SSSR count). The van der Waals surface area contributed by atoms with Crippen LogP contribution >= 0.6 is 0 Å². The number of carbonyl (C=O) groups is 2. The number of amides is 2. The van der Waals surface area contributed by atoms with Crippen molar-refractivity contribution in [3.63, 3.8) is 0 Å². The maximum Gasteiger partial charge on any atom is 0.234 e. The maximum atomic E-state index is 12.3. The minimum absolute atomic E-state index is 0.0418. The van der Waals surface area contributed by atoms with Crippen molar-refractivity contribution in [1.29, 1.82) is 0 Å². The van der Waals surface area contributed by atoms with Crippen molar-refractivity contribution in [3.05, 3.63) is 35.9 Å². The lowest BCUT2D eigenvalue weighted by Crippen LogP contribution is -2.46. The standard InChI is InChI=1S/C20H31N3O2/c1-15(2)16(3)22-20(25)18-9-11-23(12-10-18)14-19(24)21-13-17-7-5-4-6-8-17/h4-8,15-16,18H,9-14H2,1-3H3,(H,21,24)(H,22,25)/t16-/m0/s1. The largest absolute Gasteiger partial charge is 0.353 e. The molecule has 0 bridgehead atoms. The molecule has 0 saturated carbocycles. The molecular formula is C20H31N3O2. The Hall–Kier alpha value is -1.88. The molecule has 1 aromatic rings. The average Bonchev–Trinajstić information content (AvgIpc) is 2.61. The van der Waals surface area contributed by atoms with Gasteiger partial charge in [-0.05, 0) is 44.3 Å². The van der Waals surface area contributed by atoms with Gasteiger partial charge in [-0.3, -0.25) is 14.5 Å². The van der Waals surface area contributed by atoms with E-state index in [1.54, 1.807) is 0 Å². The van der Waals surface area contributed by atoms with Crippen molar-refractivity contribution in [3.8, 4) is 0 Å². The number of carbonyl (C=O) groups excluding carboxylic acids is 2. The SMILES string of the molecule is CC(C)[C@H](C)NC(=O)C1CCN(CC(=O)NCc2ccccc2)CC1. The molecule has 2 amide bonds. The number of nitrogens with one attached hydrogen (secondary N) is 2. The third kappa shape index (κ3) is 6.50. The fourth-order valence-electron chi connectivity index (χ4n) is 2.92. The summed E-state index contributed by atoms with van der Waals surface area (Å²) in [4.78, 5) is 26.5. The fraction of sp³-hybridized carbons (Fsp3) is 0.600. The second-order valence-corrected chi connectivity index (χ2v) is 7.35. The molecule has 2 N–H and O–H groups in total. The Morgan fingerprint density at radius 1 is 1.12 bits per heavy atom. The first kappa shape index (κ1) is 19.4. The van der Waals surface area contributed by atoms with Crippen LogP contribution < -0.4 is 10.6 Å². The van der Waals surface area contributed by atoms with Crippen molar-refractivity contribution < 1.29 is 9.59 Å². The fourth-order valence-corrected chi connectivity index (χ4v) is 2.92. The Bertz CT molecular complexity index is 551. The van der Waals surface area contributed by atoms with Gasteiger partial charge in [0.1, 0.15) is 0 Å². The molecule has 0 spiro atoms. The van der Waals surface area contributed by atoms with Gasteiger partial charge in [0, 0.05) is 18.5 Å². The van der Waals surface area contributed by atoms with Crippen LogP contribution in [0.15, 0.2) is 30.3 Å². The molecule has 1 fully saturated rings. The van der Waals surface area contributed by atoms with Crippen molar-refractivity contribution in [2.45, 2.75) is 46.2 Å². The topological polar surface area (TPSA) is 61.4 Å². The summed E-state index contributed by atoms with van der Waals surface area (Å²) in [6.07, 6.45) is 1.64. The first-order valence-electron chi connectivity index (χ1n) is 9.29. The van der Waals surface area contributed by atoms with Crippen LogP contribution in [-0.4, -0.2) is 42.4 Å². The molecule has 0 unspecified atom stereocenters. The Balaban J connectivity index is 1.67. The quantitative estimate of drug-likeness (QED) is 0.796. The Labute approximate surface area is 151 Å². The van der Waals surface area contributed by atoms with Gasteiger partial charge in [-0.25, -0.2) is 0 Å². The Kier molecular flexibility index (Phi) is 7.44. The van der Waals surface area contributed by atoms with Gasteiger partial charge in [-0.15, -0.1) is 0 Å². The molecule has 0 radical (unpaired) electrons. The summed E-state index contributed by atoms with van der Waals surface area (Å²) < 4.78 is 0. The average molecular weight is 345 g/mol. The van der Waals surface area contributed by atoms with Crippen LogP contribution in [0.2, 0.25) is 0 Å². The second kappa shape index (κ2) is 9.56. The van der Waals surface area contributed by atoms with E-state index >= 15 is 0 Å². The van der Waals surface area contributed by atoms with Gasteiger partial charge in [0.15, 0.2) is 0 Å². The van der Waals surface area contributed by atoms with E-state index in [2.05, 4.69) is 36.3 Å². The number of nitrogens with zero attached hydrogens (tertiary/aromatic N) is 1. The maximum absolute atomic E-state index is 12.3. The van der Waals surface area contributed by atoms with Gasteiger partial charge in [-0.1, -0.05) is 44.2 Å². The van der Waals surface area contributed by atoms with E-state index in [1.165, 1.54) is 0 Å². The van der Waals surface area contributed by atoms with Crippen LogP contribution in [0.3, 0.4) is 0 Å². The Morgan fingerprint density at radius 3 is 2.36 bits per heavy atom. The zero-order valence-corrected chi connectivity index (χ0v) is 15.6. The molecule has 5 nitrogen and oxygen atoms in total. The summed E-state index contributed by atoms with van der Waals surface area (Å²) in [5, 5.41) is 6.07. The predicted molar refractivity (Wildman–Crippen MR) is 99.9 cm³/mol. The highest BCUT2D eigenvalue weighted by molar-refractivity contribution is 5.79. The zero-order valence-electron chi connectivity index (χ0n) is 15.6. The molecule has 0 aromatic heterocycles. The van der Waals surface area contributed by atoms with E-state index in [0.717, 1.165) is 31.5 Å². The van der Waals surface area contributed by atoms with Gasteiger partial charge < -0.3 is 10.6 Å². The summed E-state index contributed by atoms with van der Waals surface area (Å²) in [5.41, 5.74) is 1.10. The molecule has 138 valence electrons. The molecule has 1 aliphatic heterocycles. The summed E-state index contributed by atoms with van der Waals surface area (Å²) >= 11 is 0. The molecule has 0 aliphatic carbocycles. The molecule has 1 aromatic carbocycles. The van der Waals surface area contributed by atoms with Crippen LogP contribution in [0.5, 0.6) is 0 Å². The van der Waals surface area contributed by atoms with Gasteiger partial charge in [0.25, 0.3) is 0 Å². The first-order chi connectivity index (χ1) is 12.0. The lowest BCUT2D eigenvalue weighted by molar-refractivity contribution is -0.127. The lowest BCUT2D eigenvalue weighted by atomic mass is 9.95. The molecule has 5 heteroatoms.